The van der Waals surface area contributed by atoms with Crippen molar-refractivity contribution in [3.8, 4) is 0 Å². The maximum absolute atomic E-state index is 13.5. The lowest BCUT2D eigenvalue weighted by Gasteiger charge is -2.24. The minimum atomic E-state index is -3.06. The van der Waals surface area contributed by atoms with Gasteiger partial charge in [0.2, 0.25) is 0 Å². The molecule has 6 heteroatoms. The number of aliphatic hydroxyl groups excluding tert-OH is 1. The van der Waals surface area contributed by atoms with E-state index in [1.54, 1.807) is 31.9 Å². The third kappa shape index (κ3) is 4.47. The standard InChI is InChI=1S/C13H20FNO3S/c1-9-7-13(11(10(2)16)8-12(9)14)15(3)5-6-19(4,17)18/h7-8,10,16H,5-6H2,1-4H3/t10-/m1/s1. The number of sulfone groups is 1. The van der Waals surface area contributed by atoms with Crippen molar-refractivity contribution in [3.63, 3.8) is 0 Å². The fraction of sp³-hybridized carbons (Fsp3) is 0.538. The Morgan fingerprint density at radius 3 is 2.47 bits per heavy atom. The number of aryl methyl sites for hydroxylation is 1. The van der Waals surface area contributed by atoms with Crippen LogP contribution in [0, 0.1) is 12.7 Å². The zero-order chi connectivity index (χ0) is 14.8. The highest BCUT2D eigenvalue weighted by Gasteiger charge is 2.16. The minimum absolute atomic E-state index is 0.0131. The molecular weight excluding hydrogens is 269 g/mol. The maximum atomic E-state index is 13.5. The van der Waals surface area contributed by atoms with Gasteiger partial charge < -0.3 is 10.0 Å². The van der Waals surface area contributed by atoms with Crippen molar-refractivity contribution in [1.29, 1.82) is 0 Å². The summed E-state index contributed by atoms with van der Waals surface area (Å²) in [5.74, 6) is -0.365. The van der Waals surface area contributed by atoms with Crippen molar-refractivity contribution in [2.45, 2.75) is 20.0 Å². The summed E-state index contributed by atoms with van der Waals surface area (Å²) in [6.07, 6.45) is 0.359. The molecule has 0 heterocycles. The first-order chi connectivity index (χ1) is 8.61. The molecule has 0 saturated carbocycles. The van der Waals surface area contributed by atoms with Crippen molar-refractivity contribution in [3.05, 3.63) is 29.1 Å². The Hall–Kier alpha value is -1.14. The SMILES string of the molecule is Cc1cc(N(C)CCS(C)(=O)=O)c([C@@H](C)O)cc1F. The Bertz CT molecular complexity index is 555. The Balaban J connectivity index is 3.07. The summed E-state index contributed by atoms with van der Waals surface area (Å²) in [5, 5.41) is 9.69. The molecular formula is C13H20FNO3S. The topological polar surface area (TPSA) is 57.6 Å². The maximum Gasteiger partial charge on any atom is 0.149 e. The van der Waals surface area contributed by atoms with Gasteiger partial charge in [0, 0.05) is 31.1 Å². The lowest BCUT2D eigenvalue weighted by atomic mass is 10.0. The summed E-state index contributed by atoms with van der Waals surface area (Å²) in [5.41, 5.74) is 1.57. The number of nitrogens with zero attached hydrogens (tertiary/aromatic N) is 1. The van der Waals surface area contributed by atoms with Crippen LogP contribution in [-0.2, 0) is 9.84 Å². The fourth-order valence-electron chi connectivity index (χ4n) is 1.77. The molecule has 0 radical (unpaired) electrons. The van der Waals surface area contributed by atoms with Crippen LogP contribution in [0.2, 0.25) is 0 Å². The van der Waals surface area contributed by atoms with Gasteiger partial charge in [-0.2, -0.15) is 0 Å². The van der Waals surface area contributed by atoms with E-state index < -0.39 is 15.9 Å². The Morgan fingerprint density at radius 2 is 2.00 bits per heavy atom. The molecule has 0 bridgehead atoms. The summed E-state index contributed by atoms with van der Waals surface area (Å²) in [4.78, 5) is 1.72. The molecule has 0 aliphatic carbocycles. The van der Waals surface area contributed by atoms with Crippen LogP contribution in [0.15, 0.2) is 12.1 Å². The quantitative estimate of drug-likeness (QED) is 0.896. The highest BCUT2D eigenvalue weighted by Crippen LogP contribution is 2.28. The van der Waals surface area contributed by atoms with Crippen LogP contribution >= 0.6 is 0 Å². The van der Waals surface area contributed by atoms with E-state index in [0.29, 0.717) is 23.4 Å². The molecule has 0 spiro atoms. The molecule has 0 fully saturated rings. The van der Waals surface area contributed by atoms with Crippen LogP contribution in [0.5, 0.6) is 0 Å². The molecule has 1 aromatic carbocycles. The number of hydrogen-bond acceptors (Lipinski definition) is 4. The van der Waals surface area contributed by atoms with Crippen molar-refractivity contribution in [2.75, 3.05) is 30.5 Å². The van der Waals surface area contributed by atoms with Crippen molar-refractivity contribution in [2.24, 2.45) is 0 Å². The molecule has 0 aliphatic rings. The van der Waals surface area contributed by atoms with E-state index in [9.17, 15) is 17.9 Å². The second-order valence-electron chi connectivity index (χ2n) is 4.89. The van der Waals surface area contributed by atoms with Gasteiger partial charge in [0.1, 0.15) is 15.7 Å². The van der Waals surface area contributed by atoms with E-state index in [2.05, 4.69) is 0 Å². The van der Waals surface area contributed by atoms with Gasteiger partial charge in [0.15, 0.2) is 0 Å². The fourth-order valence-corrected chi connectivity index (χ4v) is 2.38. The second kappa shape index (κ2) is 5.88. The predicted molar refractivity (Wildman–Crippen MR) is 74.8 cm³/mol. The molecule has 19 heavy (non-hydrogen) atoms. The number of benzene rings is 1. The molecule has 1 rings (SSSR count). The van der Waals surface area contributed by atoms with E-state index in [4.69, 9.17) is 0 Å². The third-order valence-electron chi connectivity index (χ3n) is 2.97. The minimum Gasteiger partial charge on any atom is -0.389 e. The van der Waals surface area contributed by atoms with Gasteiger partial charge in [0.25, 0.3) is 0 Å². The molecule has 0 saturated heterocycles. The lowest BCUT2D eigenvalue weighted by Crippen LogP contribution is -2.26. The smallest absolute Gasteiger partial charge is 0.149 e. The van der Waals surface area contributed by atoms with Crippen molar-refractivity contribution in [1.82, 2.24) is 0 Å². The third-order valence-corrected chi connectivity index (χ3v) is 3.89. The summed E-state index contributed by atoms with van der Waals surface area (Å²) in [6, 6.07) is 2.92. The molecule has 1 atom stereocenters. The van der Waals surface area contributed by atoms with E-state index in [1.807, 2.05) is 0 Å². The molecule has 1 N–H and O–H groups in total. The number of aliphatic hydroxyl groups is 1. The average Bonchev–Trinajstić information content (AvgIpc) is 2.27. The zero-order valence-corrected chi connectivity index (χ0v) is 12.5. The summed E-state index contributed by atoms with van der Waals surface area (Å²) in [6.45, 7) is 3.48. The lowest BCUT2D eigenvalue weighted by molar-refractivity contribution is 0.199. The number of halogens is 1. The van der Waals surface area contributed by atoms with E-state index >= 15 is 0 Å². The van der Waals surface area contributed by atoms with Gasteiger partial charge in [0.05, 0.1) is 11.9 Å². The van der Waals surface area contributed by atoms with Crippen molar-refractivity contribution >= 4 is 15.5 Å². The first-order valence-corrected chi connectivity index (χ1v) is 8.05. The van der Waals surface area contributed by atoms with Gasteiger partial charge in [-0.15, -0.1) is 0 Å². The van der Waals surface area contributed by atoms with Crippen LogP contribution in [0.4, 0.5) is 10.1 Å². The second-order valence-corrected chi connectivity index (χ2v) is 7.15. The summed E-state index contributed by atoms with van der Waals surface area (Å²) in [7, 11) is -1.33. The Labute approximate surface area is 113 Å². The van der Waals surface area contributed by atoms with Crippen LogP contribution in [0.3, 0.4) is 0 Å². The number of hydrogen-bond donors (Lipinski definition) is 1. The molecule has 108 valence electrons. The first-order valence-electron chi connectivity index (χ1n) is 5.99. The van der Waals surface area contributed by atoms with Gasteiger partial charge in [-0.25, -0.2) is 12.8 Å². The van der Waals surface area contributed by atoms with Gasteiger partial charge in [-0.05, 0) is 31.5 Å². The van der Waals surface area contributed by atoms with Crippen LogP contribution in [0.25, 0.3) is 0 Å². The number of rotatable bonds is 5. The highest BCUT2D eigenvalue weighted by atomic mass is 32.2. The first kappa shape index (κ1) is 15.9. The van der Waals surface area contributed by atoms with Crippen LogP contribution in [0.1, 0.15) is 24.2 Å². The van der Waals surface area contributed by atoms with Crippen LogP contribution in [-0.4, -0.2) is 39.1 Å². The predicted octanol–water partition coefficient (Wildman–Crippen LogP) is 1.67. The zero-order valence-electron chi connectivity index (χ0n) is 11.6. The average molecular weight is 289 g/mol. The van der Waals surface area contributed by atoms with Crippen molar-refractivity contribution < 1.29 is 17.9 Å². The van der Waals surface area contributed by atoms with Gasteiger partial charge in [-0.3, -0.25) is 0 Å². The van der Waals surface area contributed by atoms with E-state index in [1.165, 1.54) is 12.3 Å². The molecule has 0 amide bonds. The van der Waals surface area contributed by atoms with Crippen LogP contribution < -0.4 is 4.90 Å². The van der Waals surface area contributed by atoms with Gasteiger partial charge >= 0.3 is 0 Å². The Morgan fingerprint density at radius 1 is 1.42 bits per heavy atom. The van der Waals surface area contributed by atoms with E-state index in [0.717, 1.165) is 0 Å². The number of anilines is 1. The molecule has 0 aromatic heterocycles. The molecule has 4 nitrogen and oxygen atoms in total. The molecule has 0 aliphatic heterocycles. The molecule has 1 aromatic rings. The summed E-state index contributed by atoms with van der Waals surface area (Å²) >= 11 is 0. The van der Waals surface area contributed by atoms with E-state index in [-0.39, 0.29) is 11.6 Å². The van der Waals surface area contributed by atoms with Gasteiger partial charge in [-0.1, -0.05) is 0 Å². The monoisotopic (exact) mass is 289 g/mol. The highest BCUT2D eigenvalue weighted by molar-refractivity contribution is 7.90. The Kier molecular flexibility index (Phi) is 4.92. The summed E-state index contributed by atoms with van der Waals surface area (Å²) < 4.78 is 35.9. The largest absolute Gasteiger partial charge is 0.389 e. The normalized spacial score (nSPS) is 13.4. The molecule has 0 unspecified atom stereocenters.